The van der Waals surface area contributed by atoms with Crippen molar-refractivity contribution >= 4 is 17.2 Å². The van der Waals surface area contributed by atoms with Crippen LogP contribution < -0.4 is 5.32 Å². The van der Waals surface area contributed by atoms with Crippen LogP contribution in [0.5, 0.6) is 0 Å². The van der Waals surface area contributed by atoms with Crippen LogP contribution in [0.4, 0.5) is 0 Å². The molecule has 21 heavy (non-hydrogen) atoms. The number of pyridine rings is 1. The molecule has 0 bridgehead atoms. The first-order valence-electron chi connectivity index (χ1n) is 6.43. The fraction of sp³-hybridized carbons (Fsp3) is 0.267. The number of rotatable bonds is 4. The van der Waals surface area contributed by atoms with Gasteiger partial charge in [0, 0.05) is 35.5 Å². The monoisotopic (exact) mass is 301 g/mol. The molecule has 2 aromatic heterocycles. The Balaban J connectivity index is 1.99. The summed E-state index contributed by atoms with van der Waals surface area (Å²) in [7, 11) is 0. The molecule has 2 rings (SSSR count). The molecule has 0 saturated carbocycles. The van der Waals surface area contributed by atoms with Crippen LogP contribution in [-0.2, 0) is 6.54 Å². The lowest BCUT2D eigenvalue weighted by atomic mass is 10.2. The van der Waals surface area contributed by atoms with E-state index in [1.54, 1.807) is 12.3 Å². The minimum absolute atomic E-state index is 0.0217. The molecule has 5 nitrogen and oxygen atoms in total. The Morgan fingerprint density at radius 3 is 3.05 bits per heavy atom. The van der Waals surface area contributed by atoms with Gasteiger partial charge in [0.05, 0.1) is 18.7 Å². The first kappa shape index (κ1) is 15.2. The van der Waals surface area contributed by atoms with E-state index in [1.165, 1.54) is 17.5 Å². The minimum atomic E-state index is -0.207. The number of amides is 1. The van der Waals surface area contributed by atoms with Crippen LogP contribution in [0.2, 0.25) is 0 Å². The van der Waals surface area contributed by atoms with Crippen molar-refractivity contribution in [3.8, 4) is 11.8 Å². The average Bonchev–Trinajstić information content (AvgIpc) is 2.91. The summed E-state index contributed by atoms with van der Waals surface area (Å²) < 4.78 is 0. The molecule has 0 saturated heterocycles. The number of thiazole rings is 1. The Morgan fingerprint density at radius 2 is 2.33 bits per heavy atom. The number of hydrogen-bond acceptors (Lipinski definition) is 5. The third-order valence-electron chi connectivity index (χ3n) is 2.54. The Kier molecular flexibility index (Phi) is 5.43. The number of carbonyl (C=O) groups is 1. The zero-order valence-electron chi connectivity index (χ0n) is 11.6. The number of nitrogens with zero attached hydrogens (tertiary/aromatic N) is 2. The molecule has 0 aliphatic rings. The highest BCUT2D eigenvalue weighted by Gasteiger charge is 2.07. The van der Waals surface area contributed by atoms with E-state index in [1.807, 2.05) is 12.3 Å². The predicted octanol–water partition coefficient (Wildman–Crippen LogP) is 1.51. The van der Waals surface area contributed by atoms with Gasteiger partial charge in [-0.2, -0.15) is 0 Å². The Labute approximate surface area is 127 Å². The van der Waals surface area contributed by atoms with Gasteiger partial charge in [0.25, 0.3) is 5.91 Å². The van der Waals surface area contributed by atoms with E-state index in [0.29, 0.717) is 24.1 Å². The van der Waals surface area contributed by atoms with Gasteiger partial charge >= 0.3 is 0 Å². The van der Waals surface area contributed by atoms with E-state index in [4.69, 9.17) is 5.11 Å². The molecule has 108 valence electrons. The summed E-state index contributed by atoms with van der Waals surface area (Å²) in [6, 6.07) is 1.68. The number of nitrogens with one attached hydrogen (secondary N) is 1. The van der Waals surface area contributed by atoms with Crippen molar-refractivity contribution in [1.29, 1.82) is 0 Å². The van der Waals surface area contributed by atoms with Crippen molar-refractivity contribution in [2.45, 2.75) is 19.9 Å². The Hall–Kier alpha value is -2.23. The number of hydrogen-bond donors (Lipinski definition) is 2. The number of aliphatic hydroxyl groups is 1. The number of aliphatic hydroxyl groups excluding tert-OH is 1. The maximum Gasteiger partial charge on any atom is 0.253 e. The zero-order chi connectivity index (χ0) is 15.1. The van der Waals surface area contributed by atoms with Gasteiger partial charge in [0.15, 0.2) is 0 Å². The van der Waals surface area contributed by atoms with Crippen molar-refractivity contribution in [2.24, 2.45) is 0 Å². The van der Waals surface area contributed by atoms with Crippen LogP contribution in [0.3, 0.4) is 0 Å². The summed E-state index contributed by atoms with van der Waals surface area (Å²) in [6.45, 7) is 2.34. The van der Waals surface area contributed by atoms with Crippen molar-refractivity contribution in [2.75, 3.05) is 6.61 Å². The first-order valence-corrected chi connectivity index (χ1v) is 7.31. The minimum Gasteiger partial charge on any atom is -0.395 e. The van der Waals surface area contributed by atoms with E-state index in [0.717, 1.165) is 10.7 Å². The molecule has 0 aromatic carbocycles. The maximum atomic E-state index is 12.0. The van der Waals surface area contributed by atoms with Crippen molar-refractivity contribution in [1.82, 2.24) is 15.3 Å². The van der Waals surface area contributed by atoms with Crippen molar-refractivity contribution in [3.05, 3.63) is 45.7 Å². The second kappa shape index (κ2) is 7.53. The van der Waals surface area contributed by atoms with Gasteiger partial charge in [-0.05, 0) is 13.0 Å². The smallest absolute Gasteiger partial charge is 0.253 e. The highest BCUT2D eigenvalue weighted by molar-refractivity contribution is 7.09. The lowest BCUT2D eigenvalue weighted by Gasteiger charge is -2.03. The van der Waals surface area contributed by atoms with Crippen molar-refractivity contribution < 1.29 is 9.90 Å². The summed E-state index contributed by atoms with van der Waals surface area (Å²) in [5, 5.41) is 14.3. The lowest BCUT2D eigenvalue weighted by molar-refractivity contribution is 0.0950. The zero-order valence-corrected chi connectivity index (χ0v) is 12.4. The highest BCUT2D eigenvalue weighted by Crippen LogP contribution is 2.08. The molecular formula is C15H15N3O2S. The molecule has 0 aliphatic heterocycles. The summed E-state index contributed by atoms with van der Waals surface area (Å²) in [6.07, 6.45) is 3.49. The summed E-state index contributed by atoms with van der Waals surface area (Å²) in [4.78, 5) is 20.3. The maximum absolute atomic E-state index is 12.0. The lowest BCUT2D eigenvalue weighted by Crippen LogP contribution is -2.22. The summed E-state index contributed by atoms with van der Waals surface area (Å²) in [5.41, 5.74) is 2.06. The first-order chi connectivity index (χ1) is 10.2. The third kappa shape index (κ3) is 4.67. The molecule has 2 heterocycles. The van der Waals surface area contributed by atoms with Crippen LogP contribution in [0, 0.1) is 18.8 Å². The van der Waals surface area contributed by atoms with Gasteiger partial charge in [-0.25, -0.2) is 4.98 Å². The van der Waals surface area contributed by atoms with Gasteiger partial charge in [-0.1, -0.05) is 11.8 Å². The molecular weight excluding hydrogens is 286 g/mol. The molecule has 2 N–H and O–H groups in total. The van der Waals surface area contributed by atoms with E-state index < -0.39 is 0 Å². The van der Waals surface area contributed by atoms with Gasteiger partial charge in [-0.3, -0.25) is 9.78 Å². The summed E-state index contributed by atoms with van der Waals surface area (Å²) in [5.74, 6) is 5.45. The van der Waals surface area contributed by atoms with Crippen LogP contribution in [0.1, 0.15) is 33.0 Å². The van der Waals surface area contributed by atoms with Crippen LogP contribution in [0.25, 0.3) is 0 Å². The van der Waals surface area contributed by atoms with E-state index in [9.17, 15) is 4.79 Å². The molecule has 0 fully saturated rings. The number of aromatic nitrogens is 2. The second-order valence-electron chi connectivity index (χ2n) is 4.30. The second-order valence-corrected chi connectivity index (χ2v) is 5.25. The summed E-state index contributed by atoms with van der Waals surface area (Å²) >= 11 is 1.52. The standard InChI is InChI=1S/C15H15N3O2S/c1-11-10-21-14(18-11)9-17-15(20)13-6-12(7-16-8-13)4-2-3-5-19/h6-8,10,19H,3,5,9H2,1H3,(H,17,20). The molecule has 6 heteroatoms. The third-order valence-corrected chi connectivity index (χ3v) is 3.50. The molecule has 0 spiro atoms. The molecule has 1 amide bonds. The number of carbonyl (C=O) groups excluding carboxylic acids is 1. The van der Waals surface area contributed by atoms with Crippen molar-refractivity contribution in [3.63, 3.8) is 0 Å². The topological polar surface area (TPSA) is 75.1 Å². The largest absolute Gasteiger partial charge is 0.395 e. The Morgan fingerprint density at radius 1 is 1.48 bits per heavy atom. The fourth-order valence-corrected chi connectivity index (χ4v) is 2.31. The average molecular weight is 301 g/mol. The molecule has 2 aromatic rings. The van der Waals surface area contributed by atoms with Crippen LogP contribution in [0.15, 0.2) is 23.8 Å². The molecule has 0 unspecified atom stereocenters. The fourth-order valence-electron chi connectivity index (χ4n) is 1.59. The predicted molar refractivity (Wildman–Crippen MR) is 80.8 cm³/mol. The van der Waals surface area contributed by atoms with Crippen LogP contribution in [-0.4, -0.2) is 27.6 Å². The number of aryl methyl sites for hydroxylation is 1. The molecule has 0 radical (unpaired) electrons. The Bertz CT molecular complexity index is 685. The molecule has 0 aliphatic carbocycles. The SMILES string of the molecule is Cc1csc(CNC(=O)c2cncc(C#CCCO)c2)n1. The van der Waals surface area contributed by atoms with Gasteiger partial charge in [0.2, 0.25) is 0 Å². The van der Waals surface area contributed by atoms with Crippen LogP contribution >= 0.6 is 11.3 Å². The van der Waals surface area contributed by atoms with E-state index in [2.05, 4.69) is 27.1 Å². The highest BCUT2D eigenvalue weighted by atomic mass is 32.1. The quantitative estimate of drug-likeness (QED) is 0.839. The van der Waals surface area contributed by atoms with Gasteiger partial charge in [-0.15, -0.1) is 11.3 Å². The van der Waals surface area contributed by atoms with E-state index >= 15 is 0 Å². The van der Waals surface area contributed by atoms with Gasteiger partial charge in [0.1, 0.15) is 5.01 Å². The van der Waals surface area contributed by atoms with E-state index in [-0.39, 0.29) is 12.5 Å². The molecule has 0 atom stereocenters. The normalized spacial score (nSPS) is 9.81. The van der Waals surface area contributed by atoms with Gasteiger partial charge < -0.3 is 10.4 Å².